The Bertz CT molecular complexity index is 169. The molecule has 0 aromatic carbocycles. The van der Waals surface area contributed by atoms with Crippen molar-refractivity contribution in [1.82, 2.24) is 0 Å². The summed E-state index contributed by atoms with van der Waals surface area (Å²) in [6, 6.07) is 0. The summed E-state index contributed by atoms with van der Waals surface area (Å²) in [6.07, 6.45) is 7.84. The first kappa shape index (κ1) is 14.5. The minimum absolute atomic E-state index is 0.432. The summed E-state index contributed by atoms with van der Waals surface area (Å²) in [5, 5.41) is 9.39. The molecule has 0 aromatic heterocycles. The average Bonchev–Trinajstić information content (AvgIpc) is 2.18. The number of unbranched alkanes of at least 4 members (excludes halogenated alkanes) is 2. The highest BCUT2D eigenvalue weighted by Crippen LogP contribution is 2.36. The molecule has 0 amide bonds. The first-order valence-corrected chi connectivity index (χ1v) is 6.36. The van der Waals surface area contributed by atoms with E-state index in [-0.39, 0.29) is 0 Å². The molecule has 0 aliphatic heterocycles. The molecule has 2 nitrogen and oxygen atoms in total. The fourth-order valence-electron chi connectivity index (χ4n) is 2.37. The number of carboxylic acid groups (broad SMARTS) is 1. The van der Waals surface area contributed by atoms with Gasteiger partial charge in [0.2, 0.25) is 0 Å². The zero-order valence-corrected chi connectivity index (χ0v) is 10.5. The maximum absolute atomic E-state index is 11.4. The van der Waals surface area contributed by atoms with E-state index in [1.807, 2.05) is 0 Å². The van der Waals surface area contributed by atoms with E-state index in [4.69, 9.17) is 0 Å². The molecule has 0 saturated heterocycles. The van der Waals surface area contributed by atoms with Crippen molar-refractivity contribution in [2.24, 2.45) is 5.41 Å². The Kier molecular flexibility index (Phi) is 7.45. The molecule has 15 heavy (non-hydrogen) atoms. The lowest BCUT2D eigenvalue weighted by Crippen LogP contribution is -2.30. The molecule has 0 fully saturated rings. The molecule has 1 N–H and O–H groups in total. The Hall–Kier alpha value is -0.530. The Morgan fingerprint density at radius 1 is 0.933 bits per heavy atom. The molecule has 0 aromatic rings. The van der Waals surface area contributed by atoms with E-state index in [2.05, 4.69) is 20.8 Å². The van der Waals surface area contributed by atoms with Gasteiger partial charge in [-0.1, -0.05) is 52.9 Å². The lowest BCUT2D eigenvalue weighted by Gasteiger charge is -2.28. The van der Waals surface area contributed by atoms with Crippen LogP contribution in [0, 0.1) is 5.41 Å². The molecule has 0 bridgehead atoms. The summed E-state index contributed by atoms with van der Waals surface area (Å²) in [5.41, 5.74) is -0.432. The van der Waals surface area contributed by atoms with Gasteiger partial charge in [0.05, 0.1) is 5.41 Å². The van der Waals surface area contributed by atoms with Gasteiger partial charge >= 0.3 is 5.97 Å². The summed E-state index contributed by atoms with van der Waals surface area (Å²) >= 11 is 0. The maximum atomic E-state index is 11.4. The van der Waals surface area contributed by atoms with Gasteiger partial charge in [0.15, 0.2) is 0 Å². The van der Waals surface area contributed by atoms with Crippen molar-refractivity contribution < 1.29 is 9.90 Å². The van der Waals surface area contributed by atoms with Crippen LogP contribution < -0.4 is 0 Å². The third-order valence-electron chi connectivity index (χ3n) is 3.17. The van der Waals surface area contributed by atoms with E-state index in [9.17, 15) is 9.90 Å². The third kappa shape index (κ3) is 4.67. The van der Waals surface area contributed by atoms with Gasteiger partial charge in [-0.15, -0.1) is 0 Å². The monoisotopic (exact) mass is 214 g/mol. The zero-order valence-electron chi connectivity index (χ0n) is 10.5. The van der Waals surface area contributed by atoms with Crippen molar-refractivity contribution in [3.05, 3.63) is 0 Å². The zero-order chi connectivity index (χ0) is 11.7. The van der Waals surface area contributed by atoms with Crippen LogP contribution >= 0.6 is 0 Å². The Morgan fingerprint density at radius 2 is 1.47 bits per heavy atom. The first-order valence-electron chi connectivity index (χ1n) is 6.36. The highest BCUT2D eigenvalue weighted by Gasteiger charge is 2.35. The molecule has 0 rings (SSSR count). The highest BCUT2D eigenvalue weighted by atomic mass is 16.4. The average molecular weight is 214 g/mol. The quantitative estimate of drug-likeness (QED) is 0.583. The maximum Gasteiger partial charge on any atom is 0.309 e. The van der Waals surface area contributed by atoms with E-state index in [1.165, 1.54) is 0 Å². The van der Waals surface area contributed by atoms with Gasteiger partial charge in [0.25, 0.3) is 0 Å². The van der Waals surface area contributed by atoms with Crippen molar-refractivity contribution in [1.29, 1.82) is 0 Å². The second-order valence-electron chi connectivity index (χ2n) is 4.54. The van der Waals surface area contributed by atoms with E-state index in [0.29, 0.717) is 0 Å². The van der Waals surface area contributed by atoms with Gasteiger partial charge in [-0.25, -0.2) is 0 Å². The predicted molar refractivity (Wildman–Crippen MR) is 64.0 cm³/mol. The van der Waals surface area contributed by atoms with Gasteiger partial charge in [-0.3, -0.25) is 4.79 Å². The molecule has 90 valence electrons. The SMILES string of the molecule is CCCCCC(CCC)(CCC)C(=O)O. The minimum atomic E-state index is -0.581. The summed E-state index contributed by atoms with van der Waals surface area (Å²) in [6.45, 7) is 6.31. The normalized spacial score (nSPS) is 11.7. The molecule has 0 atom stereocenters. The number of aliphatic carboxylic acids is 1. The molecule has 0 saturated carbocycles. The summed E-state index contributed by atoms with van der Waals surface area (Å²) in [4.78, 5) is 11.4. The fourth-order valence-corrected chi connectivity index (χ4v) is 2.37. The Morgan fingerprint density at radius 3 is 1.80 bits per heavy atom. The van der Waals surface area contributed by atoms with Crippen LogP contribution in [-0.2, 0) is 4.79 Å². The van der Waals surface area contributed by atoms with Crippen molar-refractivity contribution >= 4 is 5.97 Å². The lowest BCUT2D eigenvalue weighted by atomic mass is 9.75. The van der Waals surface area contributed by atoms with Gasteiger partial charge in [-0.2, -0.15) is 0 Å². The number of carbonyl (C=O) groups is 1. The van der Waals surface area contributed by atoms with Crippen LogP contribution in [0.5, 0.6) is 0 Å². The van der Waals surface area contributed by atoms with Gasteiger partial charge in [0, 0.05) is 0 Å². The van der Waals surface area contributed by atoms with Crippen LogP contribution in [-0.4, -0.2) is 11.1 Å². The highest BCUT2D eigenvalue weighted by molar-refractivity contribution is 5.74. The fraction of sp³-hybridized carbons (Fsp3) is 0.923. The molecular weight excluding hydrogens is 188 g/mol. The largest absolute Gasteiger partial charge is 0.481 e. The second-order valence-corrected chi connectivity index (χ2v) is 4.54. The number of hydrogen-bond acceptors (Lipinski definition) is 1. The molecule has 0 unspecified atom stereocenters. The van der Waals surface area contributed by atoms with Gasteiger partial charge in [0.1, 0.15) is 0 Å². The van der Waals surface area contributed by atoms with Crippen LogP contribution in [0.25, 0.3) is 0 Å². The standard InChI is InChI=1S/C13H26O2/c1-4-7-8-11-13(9-5-2,10-6-3)12(14)15/h4-11H2,1-3H3,(H,14,15). The summed E-state index contributed by atoms with van der Waals surface area (Å²) in [7, 11) is 0. The third-order valence-corrected chi connectivity index (χ3v) is 3.17. The predicted octanol–water partition coefficient (Wildman–Crippen LogP) is 4.24. The second kappa shape index (κ2) is 7.72. The smallest absolute Gasteiger partial charge is 0.309 e. The molecular formula is C13H26O2. The van der Waals surface area contributed by atoms with Gasteiger partial charge in [-0.05, 0) is 19.3 Å². The van der Waals surface area contributed by atoms with Crippen LogP contribution in [0.15, 0.2) is 0 Å². The number of hydrogen-bond donors (Lipinski definition) is 1. The molecule has 0 heterocycles. The molecule has 0 spiro atoms. The summed E-state index contributed by atoms with van der Waals surface area (Å²) in [5.74, 6) is -0.581. The number of carboxylic acids is 1. The van der Waals surface area contributed by atoms with Crippen molar-refractivity contribution in [3.63, 3.8) is 0 Å². The van der Waals surface area contributed by atoms with Crippen LogP contribution in [0.2, 0.25) is 0 Å². The van der Waals surface area contributed by atoms with Gasteiger partial charge < -0.3 is 5.11 Å². The molecule has 2 heteroatoms. The minimum Gasteiger partial charge on any atom is -0.481 e. The Labute approximate surface area is 94.1 Å². The van der Waals surface area contributed by atoms with Crippen LogP contribution in [0.4, 0.5) is 0 Å². The van der Waals surface area contributed by atoms with Crippen LogP contribution in [0.3, 0.4) is 0 Å². The summed E-state index contributed by atoms with van der Waals surface area (Å²) < 4.78 is 0. The van der Waals surface area contributed by atoms with Crippen molar-refractivity contribution in [2.75, 3.05) is 0 Å². The Balaban J connectivity index is 4.40. The van der Waals surface area contributed by atoms with Crippen molar-refractivity contribution in [3.8, 4) is 0 Å². The van der Waals surface area contributed by atoms with E-state index >= 15 is 0 Å². The van der Waals surface area contributed by atoms with E-state index in [1.54, 1.807) is 0 Å². The van der Waals surface area contributed by atoms with E-state index in [0.717, 1.165) is 51.4 Å². The first-order chi connectivity index (χ1) is 7.13. The molecule has 0 radical (unpaired) electrons. The van der Waals surface area contributed by atoms with Crippen molar-refractivity contribution in [2.45, 2.75) is 72.1 Å². The van der Waals surface area contributed by atoms with E-state index < -0.39 is 11.4 Å². The number of rotatable bonds is 9. The molecule has 0 aliphatic rings. The van der Waals surface area contributed by atoms with Crippen LogP contribution in [0.1, 0.15) is 72.1 Å². The molecule has 0 aliphatic carbocycles. The topological polar surface area (TPSA) is 37.3 Å². The lowest BCUT2D eigenvalue weighted by molar-refractivity contribution is -0.150.